The first kappa shape index (κ1) is 17.8. The van der Waals surface area contributed by atoms with E-state index in [1.165, 1.54) is 5.69 Å². The average molecular weight is 343 g/mol. The molecule has 2 saturated heterocycles. The maximum absolute atomic E-state index is 12.9. The van der Waals surface area contributed by atoms with Crippen molar-refractivity contribution in [3.8, 4) is 0 Å². The van der Waals surface area contributed by atoms with Crippen LogP contribution in [0.15, 0.2) is 30.3 Å². The summed E-state index contributed by atoms with van der Waals surface area (Å²) in [5.74, 6) is 0.154. The first-order valence-corrected chi connectivity index (χ1v) is 9.52. The number of hydrogen-bond acceptors (Lipinski definition) is 3. The van der Waals surface area contributed by atoms with Crippen LogP contribution in [0.2, 0.25) is 0 Å². The van der Waals surface area contributed by atoms with Crippen molar-refractivity contribution in [3.63, 3.8) is 0 Å². The zero-order valence-electron chi connectivity index (χ0n) is 15.4. The van der Waals surface area contributed by atoms with Gasteiger partial charge in [0.05, 0.1) is 5.92 Å². The predicted molar refractivity (Wildman–Crippen MR) is 99.4 cm³/mol. The second-order valence-electron chi connectivity index (χ2n) is 7.07. The van der Waals surface area contributed by atoms with Gasteiger partial charge < -0.3 is 14.7 Å². The normalized spacial score (nSPS) is 21.3. The lowest BCUT2D eigenvalue weighted by molar-refractivity contribution is -0.136. The summed E-state index contributed by atoms with van der Waals surface area (Å²) in [6, 6.07) is 10.6. The van der Waals surface area contributed by atoms with Gasteiger partial charge in [-0.1, -0.05) is 32.0 Å². The van der Waals surface area contributed by atoms with Crippen molar-refractivity contribution in [3.05, 3.63) is 30.3 Å². The molecule has 2 fully saturated rings. The van der Waals surface area contributed by atoms with Gasteiger partial charge in [-0.2, -0.15) is 0 Å². The largest absolute Gasteiger partial charge is 0.368 e. The van der Waals surface area contributed by atoms with E-state index in [0.717, 1.165) is 39.0 Å². The number of benzene rings is 1. The van der Waals surface area contributed by atoms with Crippen molar-refractivity contribution >= 4 is 17.5 Å². The molecule has 1 atom stereocenters. The lowest BCUT2D eigenvalue weighted by Gasteiger charge is -2.37. The fourth-order valence-corrected chi connectivity index (χ4v) is 4.06. The van der Waals surface area contributed by atoms with Crippen molar-refractivity contribution < 1.29 is 9.59 Å². The summed E-state index contributed by atoms with van der Waals surface area (Å²) < 4.78 is 0. The molecule has 5 nitrogen and oxygen atoms in total. The van der Waals surface area contributed by atoms with Gasteiger partial charge in [0.1, 0.15) is 0 Å². The summed E-state index contributed by atoms with van der Waals surface area (Å²) >= 11 is 0. The topological polar surface area (TPSA) is 43.9 Å². The average Bonchev–Trinajstić information content (AvgIpc) is 3.05. The summed E-state index contributed by atoms with van der Waals surface area (Å²) in [5, 5.41) is 0. The van der Waals surface area contributed by atoms with Gasteiger partial charge in [0.2, 0.25) is 11.8 Å². The summed E-state index contributed by atoms with van der Waals surface area (Å²) in [4.78, 5) is 31.4. The highest BCUT2D eigenvalue weighted by molar-refractivity contribution is 5.89. The maximum Gasteiger partial charge on any atom is 0.228 e. The minimum absolute atomic E-state index is 0.148. The van der Waals surface area contributed by atoms with Crippen LogP contribution in [-0.2, 0) is 9.59 Å². The van der Waals surface area contributed by atoms with Crippen LogP contribution < -0.4 is 4.90 Å². The molecule has 1 aromatic carbocycles. The lowest BCUT2D eigenvalue weighted by atomic mass is 10.1. The van der Waals surface area contributed by atoms with Gasteiger partial charge in [-0.3, -0.25) is 9.59 Å². The molecular formula is C20H29N3O2. The van der Waals surface area contributed by atoms with E-state index in [4.69, 9.17) is 0 Å². The number of carbonyl (C=O) groups excluding carboxylic acids is 2. The molecule has 0 radical (unpaired) electrons. The Hall–Kier alpha value is -2.04. The standard InChI is InChI=1S/C20H29N3O2/c1-3-17(4-2)23-15-16(14-19(23)24)20(25)22-12-10-21(11-13-22)18-8-6-5-7-9-18/h5-9,16-17H,3-4,10-15H2,1-2H3. The number of para-hydroxylation sites is 1. The third kappa shape index (κ3) is 3.80. The van der Waals surface area contributed by atoms with Gasteiger partial charge in [0, 0.05) is 50.9 Å². The minimum Gasteiger partial charge on any atom is -0.368 e. The fraction of sp³-hybridized carbons (Fsp3) is 0.600. The molecule has 0 aliphatic carbocycles. The molecule has 3 rings (SSSR count). The molecule has 0 aromatic heterocycles. The minimum atomic E-state index is -0.156. The Labute approximate surface area is 150 Å². The zero-order valence-corrected chi connectivity index (χ0v) is 15.4. The molecule has 0 bridgehead atoms. The van der Waals surface area contributed by atoms with Crippen molar-refractivity contribution in [2.75, 3.05) is 37.6 Å². The Bertz CT molecular complexity index is 592. The van der Waals surface area contributed by atoms with Crippen molar-refractivity contribution in [1.29, 1.82) is 0 Å². The van der Waals surface area contributed by atoms with E-state index in [2.05, 4.69) is 30.9 Å². The monoisotopic (exact) mass is 343 g/mol. The van der Waals surface area contributed by atoms with Crippen LogP contribution >= 0.6 is 0 Å². The number of anilines is 1. The fourth-order valence-electron chi connectivity index (χ4n) is 4.06. The van der Waals surface area contributed by atoms with Crippen LogP contribution in [0.25, 0.3) is 0 Å². The van der Waals surface area contributed by atoms with E-state index in [1.807, 2.05) is 28.0 Å². The van der Waals surface area contributed by atoms with Gasteiger partial charge in [-0.15, -0.1) is 0 Å². The molecule has 5 heteroatoms. The first-order chi connectivity index (χ1) is 12.1. The van der Waals surface area contributed by atoms with E-state index in [0.29, 0.717) is 13.0 Å². The Kier molecular flexibility index (Phi) is 5.61. The van der Waals surface area contributed by atoms with E-state index in [-0.39, 0.29) is 23.8 Å². The number of rotatable bonds is 5. The Balaban J connectivity index is 1.55. The molecule has 1 aromatic rings. The van der Waals surface area contributed by atoms with Crippen LogP contribution in [-0.4, -0.2) is 60.4 Å². The molecule has 0 spiro atoms. The molecule has 136 valence electrons. The highest BCUT2D eigenvalue weighted by Gasteiger charge is 2.39. The van der Waals surface area contributed by atoms with E-state index < -0.39 is 0 Å². The second kappa shape index (κ2) is 7.89. The highest BCUT2D eigenvalue weighted by Crippen LogP contribution is 2.25. The van der Waals surface area contributed by atoms with Crippen LogP contribution in [0.5, 0.6) is 0 Å². The predicted octanol–water partition coefficient (Wildman–Crippen LogP) is 2.37. The molecular weight excluding hydrogens is 314 g/mol. The van der Waals surface area contributed by atoms with Gasteiger partial charge in [-0.25, -0.2) is 0 Å². The molecule has 2 aliphatic heterocycles. The van der Waals surface area contributed by atoms with Gasteiger partial charge in [0.25, 0.3) is 0 Å². The summed E-state index contributed by atoms with van der Waals surface area (Å²) in [6.07, 6.45) is 2.30. The number of amides is 2. The van der Waals surface area contributed by atoms with Crippen LogP contribution in [0.3, 0.4) is 0 Å². The Morgan fingerprint density at radius 1 is 1.08 bits per heavy atom. The van der Waals surface area contributed by atoms with Gasteiger partial charge in [-0.05, 0) is 25.0 Å². The number of nitrogens with zero attached hydrogens (tertiary/aromatic N) is 3. The van der Waals surface area contributed by atoms with Gasteiger partial charge in [0.15, 0.2) is 0 Å². The smallest absolute Gasteiger partial charge is 0.228 e. The van der Waals surface area contributed by atoms with Crippen molar-refractivity contribution in [2.45, 2.75) is 39.2 Å². The Morgan fingerprint density at radius 3 is 2.32 bits per heavy atom. The molecule has 2 aliphatic rings. The molecule has 0 saturated carbocycles. The quantitative estimate of drug-likeness (QED) is 0.824. The highest BCUT2D eigenvalue weighted by atomic mass is 16.2. The third-order valence-electron chi connectivity index (χ3n) is 5.60. The van der Waals surface area contributed by atoms with Crippen LogP contribution in [0.1, 0.15) is 33.1 Å². The van der Waals surface area contributed by atoms with Crippen molar-refractivity contribution in [2.24, 2.45) is 5.92 Å². The van der Waals surface area contributed by atoms with E-state index >= 15 is 0 Å². The molecule has 25 heavy (non-hydrogen) atoms. The number of hydrogen-bond donors (Lipinski definition) is 0. The Morgan fingerprint density at radius 2 is 1.72 bits per heavy atom. The molecule has 2 heterocycles. The van der Waals surface area contributed by atoms with E-state index in [1.54, 1.807) is 0 Å². The zero-order chi connectivity index (χ0) is 17.8. The molecule has 1 unspecified atom stereocenters. The number of piperazine rings is 1. The maximum atomic E-state index is 12.9. The van der Waals surface area contributed by atoms with Crippen molar-refractivity contribution in [1.82, 2.24) is 9.80 Å². The summed E-state index contributed by atoms with van der Waals surface area (Å²) in [6.45, 7) is 8.01. The van der Waals surface area contributed by atoms with Crippen LogP contribution in [0, 0.1) is 5.92 Å². The summed E-state index contributed by atoms with van der Waals surface area (Å²) in [7, 11) is 0. The second-order valence-corrected chi connectivity index (χ2v) is 7.07. The summed E-state index contributed by atoms with van der Waals surface area (Å²) in [5.41, 5.74) is 1.21. The number of likely N-dealkylation sites (tertiary alicyclic amines) is 1. The third-order valence-corrected chi connectivity index (χ3v) is 5.60. The van der Waals surface area contributed by atoms with E-state index in [9.17, 15) is 9.59 Å². The molecule has 0 N–H and O–H groups in total. The first-order valence-electron chi connectivity index (χ1n) is 9.52. The SMILES string of the molecule is CCC(CC)N1CC(C(=O)N2CCN(c3ccccc3)CC2)CC1=O. The molecule has 2 amide bonds. The lowest BCUT2D eigenvalue weighted by Crippen LogP contribution is -2.50. The number of carbonyl (C=O) groups is 2. The van der Waals surface area contributed by atoms with Gasteiger partial charge >= 0.3 is 0 Å². The van der Waals surface area contributed by atoms with Crippen LogP contribution in [0.4, 0.5) is 5.69 Å².